The summed E-state index contributed by atoms with van der Waals surface area (Å²) in [6.07, 6.45) is 0. The summed E-state index contributed by atoms with van der Waals surface area (Å²) in [6, 6.07) is 5.30. The van der Waals surface area contributed by atoms with Crippen LogP contribution in [0.4, 0.5) is 5.69 Å². The van der Waals surface area contributed by atoms with Crippen molar-refractivity contribution in [2.45, 2.75) is 6.61 Å². The van der Waals surface area contributed by atoms with Crippen molar-refractivity contribution in [3.8, 4) is 11.5 Å². The number of methoxy groups -OCH3 is 1. The maximum atomic E-state index is 5.65. The van der Waals surface area contributed by atoms with Crippen LogP contribution in [0.5, 0.6) is 11.5 Å². The van der Waals surface area contributed by atoms with Crippen LogP contribution in [0.2, 0.25) is 0 Å². The molecule has 0 aliphatic heterocycles. The first kappa shape index (κ1) is 10.8. The Kier molecular flexibility index (Phi) is 3.26. The molecule has 0 bridgehead atoms. The number of nitrogens with zero attached hydrogens (tertiary/aromatic N) is 1. The van der Waals surface area contributed by atoms with Crippen LogP contribution in [-0.4, -0.2) is 12.1 Å². The highest BCUT2D eigenvalue weighted by molar-refractivity contribution is 7.07. The van der Waals surface area contributed by atoms with Gasteiger partial charge in [-0.15, -0.1) is 11.3 Å². The zero-order valence-electron chi connectivity index (χ0n) is 8.84. The number of thiazole rings is 1. The van der Waals surface area contributed by atoms with Crippen molar-refractivity contribution < 1.29 is 9.47 Å². The van der Waals surface area contributed by atoms with Crippen molar-refractivity contribution in [1.29, 1.82) is 0 Å². The lowest BCUT2D eigenvalue weighted by Crippen LogP contribution is -1.98. The highest BCUT2D eigenvalue weighted by atomic mass is 32.1. The van der Waals surface area contributed by atoms with Crippen molar-refractivity contribution in [3.05, 3.63) is 34.8 Å². The third kappa shape index (κ3) is 2.43. The Bertz CT molecular complexity index is 457. The second-order valence-electron chi connectivity index (χ2n) is 3.18. The molecule has 0 saturated heterocycles. The first-order chi connectivity index (χ1) is 7.79. The highest BCUT2D eigenvalue weighted by Gasteiger charge is 2.05. The maximum absolute atomic E-state index is 5.65. The molecule has 0 aliphatic rings. The van der Waals surface area contributed by atoms with Crippen LogP contribution < -0.4 is 15.2 Å². The second kappa shape index (κ2) is 4.85. The van der Waals surface area contributed by atoms with Gasteiger partial charge in [-0.25, -0.2) is 4.98 Å². The molecule has 2 N–H and O–H groups in total. The molecular formula is C11H12N2O2S. The number of benzene rings is 1. The molecule has 1 heterocycles. The molecule has 0 radical (unpaired) electrons. The molecule has 2 aromatic rings. The fourth-order valence-electron chi connectivity index (χ4n) is 1.26. The fraction of sp³-hybridized carbons (Fsp3) is 0.182. The van der Waals surface area contributed by atoms with Crippen molar-refractivity contribution >= 4 is 17.0 Å². The van der Waals surface area contributed by atoms with E-state index in [-0.39, 0.29) is 0 Å². The summed E-state index contributed by atoms with van der Waals surface area (Å²) in [5.74, 6) is 1.31. The lowest BCUT2D eigenvalue weighted by Gasteiger charge is -2.09. The quantitative estimate of drug-likeness (QED) is 0.828. The summed E-state index contributed by atoms with van der Waals surface area (Å²) < 4.78 is 10.8. The zero-order valence-corrected chi connectivity index (χ0v) is 9.66. The maximum Gasteiger partial charge on any atom is 0.162 e. The van der Waals surface area contributed by atoms with E-state index < -0.39 is 0 Å². The Morgan fingerprint density at radius 2 is 2.25 bits per heavy atom. The van der Waals surface area contributed by atoms with E-state index >= 15 is 0 Å². The number of hydrogen-bond donors (Lipinski definition) is 1. The molecule has 1 aromatic heterocycles. The van der Waals surface area contributed by atoms with Crippen LogP contribution >= 0.6 is 11.3 Å². The van der Waals surface area contributed by atoms with Gasteiger partial charge in [-0.2, -0.15) is 0 Å². The number of hydrogen-bond acceptors (Lipinski definition) is 5. The summed E-state index contributed by atoms with van der Waals surface area (Å²) in [6.45, 7) is 0.434. The number of ether oxygens (including phenoxy) is 2. The van der Waals surface area contributed by atoms with Gasteiger partial charge in [-0.05, 0) is 12.1 Å². The van der Waals surface area contributed by atoms with Crippen LogP contribution in [0, 0.1) is 0 Å². The molecule has 0 amide bonds. The van der Waals surface area contributed by atoms with E-state index in [1.165, 1.54) is 0 Å². The predicted octanol–water partition coefficient (Wildman–Crippen LogP) is 2.31. The molecule has 0 spiro atoms. The first-order valence-electron chi connectivity index (χ1n) is 4.73. The number of nitrogen functional groups attached to an aromatic ring is 1. The third-order valence-electron chi connectivity index (χ3n) is 2.05. The minimum atomic E-state index is 0.434. The van der Waals surface area contributed by atoms with E-state index in [4.69, 9.17) is 15.2 Å². The molecule has 4 nitrogen and oxygen atoms in total. The summed E-state index contributed by atoms with van der Waals surface area (Å²) >= 11 is 1.54. The average Bonchev–Trinajstić information content (AvgIpc) is 2.80. The Morgan fingerprint density at radius 1 is 1.38 bits per heavy atom. The van der Waals surface area contributed by atoms with Gasteiger partial charge in [-0.1, -0.05) is 0 Å². The smallest absolute Gasteiger partial charge is 0.162 e. The van der Waals surface area contributed by atoms with Gasteiger partial charge in [0.25, 0.3) is 0 Å². The lowest BCUT2D eigenvalue weighted by atomic mass is 10.3. The van der Waals surface area contributed by atoms with Crippen molar-refractivity contribution in [2.75, 3.05) is 12.8 Å². The number of anilines is 1. The minimum absolute atomic E-state index is 0.434. The van der Waals surface area contributed by atoms with E-state index in [1.54, 1.807) is 42.2 Å². The van der Waals surface area contributed by atoms with Gasteiger partial charge in [0.05, 0.1) is 18.3 Å². The van der Waals surface area contributed by atoms with Gasteiger partial charge in [0.2, 0.25) is 0 Å². The van der Waals surface area contributed by atoms with Gasteiger partial charge >= 0.3 is 0 Å². The minimum Gasteiger partial charge on any atom is -0.493 e. The van der Waals surface area contributed by atoms with Crippen LogP contribution in [0.25, 0.3) is 0 Å². The summed E-state index contributed by atoms with van der Waals surface area (Å²) in [5.41, 5.74) is 8.98. The Labute approximate surface area is 97.6 Å². The lowest BCUT2D eigenvalue weighted by molar-refractivity contribution is 0.281. The highest BCUT2D eigenvalue weighted by Crippen LogP contribution is 2.29. The van der Waals surface area contributed by atoms with Gasteiger partial charge in [-0.3, -0.25) is 0 Å². The monoisotopic (exact) mass is 236 g/mol. The van der Waals surface area contributed by atoms with E-state index in [2.05, 4.69) is 4.98 Å². The van der Waals surface area contributed by atoms with Crippen LogP contribution in [-0.2, 0) is 6.61 Å². The van der Waals surface area contributed by atoms with Crippen molar-refractivity contribution in [2.24, 2.45) is 0 Å². The second-order valence-corrected chi connectivity index (χ2v) is 3.90. The Morgan fingerprint density at radius 3 is 2.94 bits per heavy atom. The predicted molar refractivity (Wildman–Crippen MR) is 63.9 cm³/mol. The van der Waals surface area contributed by atoms with E-state index in [1.807, 2.05) is 5.38 Å². The SMILES string of the molecule is COc1cc(N)ccc1OCc1cscn1. The van der Waals surface area contributed by atoms with Gasteiger partial charge in [0.15, 0.2) is 11.5 Å². The molecule has 0 aliphatic carbocycles. The van der Waals surface area contributed by atoms with Crippen molar-refractivity contribution in [1.82, 2.24) is 4.98 Å². The van der Waals surface area contributed by atoms with E-state index in [9.17, 15) is 0 Å². The third-order valence-corrected chi connectivity index (χ3v) is 2.68. The fourth-order valence-corrected chi connectivity index (χ4v) is 1.81. The number of aromatic nitrogens is 1. The summed E-state index contributed by atoms with van der Waals surface area (Å²) in [5, 5.41) is 1.95. The van der Waals surface area contributed by atoms with E-state index in [0.29, 0.717) is 23.8 Å². The van der Waals surface area contributed by atoms with Gasteiger partial charge in [0, 0.05) is 17.1 Å². The largest absolute Gasteiger partial charge is 0.493 e. The Balaban J connectivity index is 2.09. The summed E-state index contributed by atoms with van der Waals surface area (Å²) in [7, 11) is 1.59. The molecule has 5 heteroatoms. The zero-order chi connectivity index (χ0) is 11.4. The molecule has 84 valence electrons. The molecule has 0 unspecified atom stereocenters. The molecular weight excluding hydrogens is 224 g/mol. The van der Waals surface area contributed by atoms with Gasteiger partial charge < -0.3 is 15.2 Å². The molecule has 0 atom stereocenters. The summed E-state index contributed by atoms with van der Waals surface area (Å²) in [4.78, 5) is 4.13. The number of rotatable bonds is 4. The van der Waals surface area contributed by atoms with Crippen LogP contribution in [0.15, 0.2) is 29.1 Å². The first-order valence-corrected chi connectivity index (χ1v) is 5.67. The molecule has 0 saturated carbocycles. The normalized spacial score (nSPS) is 10.1. The Hall–Kier alpha value is -1.75. The van der Waals surface area contributed by atoms with Crippen LogP contribution in [0.1, 0.15) is 5.69 Å². The molecule has 2 rings (SSSR count). The van der Waals surface area contributed by atoms with E-state index in [0.717, 1.165) is 5.69 Å². The van der Waals surface area contributed by atoms with Gasteiger partial charge in [0.1, 0.15) is 6.61 Å². The van der Waals surface area contributed by atoms with Crippen LogP contribution in [0.3, 0.4) is 0 Å². The topological polar surface area (TPSA) is 57.4 Å². The number of nitrogens with two attached hydrogens (primary N) is 1. The van der Waals surface area contributed by atoms with Crippen molar-refractivity contribution in [3.63, 3.8) is 0 Å². The molecule has 0 fully saturated rings. The molecule has 1 aromatic carbocycles. The molecule has 16 heavy (non-hydrogen) atoms. The standard InChI is InChI=1S/C11H12N2O2S/c1-14-11-4-8(12)2-3-10(11)15-5-9-6-16-7-13-9/h2-4,6-7H,5,12H2,1H3. The average molecular weight is 236 g/mol.